The molecule has 13 nitrogen and oxygen atoms in total. The minimum Gasteiger partial charge on any atom is -0.387 e. The van der Waals surface area contributed by atoms with Gasteiger partial charge in [0.05, 0.1) is 6.33 Å². The third kappa shape index (κ3) is 3.48. The molecule has 2 fully saturated rings. The molecule has 31 heavy (non-hydrogen) atoms. The summed E-state index contributed by atoms with van der Waals surface area (Å²) < 4.78 is 6.91. The van der Waals surface area contributed by atoms with E-state index in [0.29, 0.717) is 25.9 Å². The number of nitrogens with zero attached hydrogens (tertiary/aromatic N) is 4. The number of nitrogens with two attached hydrogens (primary N) is 1. The fourth-order valence-corrected chi connectivity index (χ4v) is 3.87. The van der Waals surface area contributed by atoms with Gasteiger partial charge in [-0.1, -0.05) is 0 Å². The van der Waals surface area contributed by atoms with Crippen molar-refractivity contribution in [2.75, 3.05) is 18.8 Å². The molecule has 2 amide bonds. The lowest BCUT2D eigenvalue weighted by Crippen LogP contribution is -2.44. The maximum atomic E-state index is 12.5. The zero-order valence-corrected chi connectivity index (χ0v) is 16.9. The van der Waals surface area contributed by atoms with Crippen molar-refractivity contribution in [2.24, 2.45) is 0 Å². The van der Waals surface area contributed by atoms with Crippen molar-refractivity contribution in [3.05, 3.63) is 12.2 Å². The average Bonchev–Trinajstić information content (AvgIpc) is 3.23. The Kier molecular flexibility index (Phi) is 5.51. The summed E-state index contributed by atoms with van der Waals surface area (Å²) in [7, 11) is 0. The number of rotatable bonds is 4. The highest BCUT2D eigenvalue weighted by molar-refractivity contribution is 5.87. The number of imidazole rings is 1. The number of aliphatic hydroxyl groups is 3. The molecule has 0 radical (unpaired) electrons. The average molecular weight is 435 g/mol. The van der Waals surface area contributed by atoms with E-state index in [2.05, 4.69) is 25.6 Å². The number of hydrogen-bond donors (Lipinski definition) is 6. The Hall–Kier alpha value is -2.87. The van der Waals surface area contributed by atoms with Crippen molar-refractivity contribution in [2.45, 2.75) is 56.3 Å². The maximum absolute atomic E-state index is 12.5. The van der Waals surface area contributed by atoms with E-state index in [1.54, 1.807) is 6.92 Å². The highest BCUT2D eigenvalue weighted by Crippen LogP contribution is 2.34. The Labute approximate surface area is 176 Å². The summed E-state index contributed by atoms with van der Waals surface area (Å²) in [6.07, 6.45) is -2.79. The number of nitrogens with one attached hydrogen (secondary N) is 2. The molecule has 0 saturated carbocycles. The van der Waals surface area contributed by atoms with Crippen LogP contribution in [-0.4, -0.2) is 78.1 Å². The first kappa shape index (κ1) is 21.4. The predicted molar refractivity (Wildman–Crippen MR) is 105 cm³/mol. The van der Waals surface area contributed by atoms with E-state index < -0.39 is 42.0 Å². The first-order chi connectivity index (χ1) is 14.8. The van der Waals surface area contributed by atoms with Crippen LogP contribution < -0.4 is 16.4 Å². The molecule has 0 spiro atoms. The van der Waals surface area contributed by atoms with Crippen LogP contribution in [0.25, 0.3) is 11.2 Å². The van der Waals surface area contributed by atoms with E-state index in [1.165, 1.54) is 10.9 Å². The summed E-state index contributed by atoms with van der Waals surface area (Å²) in [5, 5.41) is 37.0. The second kappa shape index (κ2) is 8.00. The highest BCUT2D eigenvalue weighted by Gasteiger charge is 2.48. The lowest BCUT2D eigenvalue weighted by Gasteiger charge is -2.23. The third-order valence-corrected chi connectivity index (χ3v) is 5.57. The van der Waals surface area contributed by atoms with Crippen LogP contribution in [0, 0.1) is 0 Å². The number of nitrogen functional groups attached to an aromatic ring is 1. The molecule has 0 aliphatic carbocycles. The molecule has 5 atom stereocenters. The molecule has 2 aliphatic heterocycles. The van der Waals surface area contributed by atoms with Crippen LogP contribution in [0.5, 0.6) is 0 Å². The van der Waals surface area contributed by atoms with E-state index in [4.69, 9.17) is 10.5 Å². The molecule has 2 aromatic heterocycles. The van der Waals surface area contributed by atoms with Gasteiger partial charge in [0.25, 0.3) is 11.8 Å². The minimum absolute atomic E-state index is 0.0717. The van der Waals surface area contributed by atoms with E-state index >= 15 is 0 Å². The molecule has 3 unspecified atom stereocenters. The van der Waals surface area contributed by atoms with Gasteiger partial charge < -0.3 is 36.4 Å². The topological polar surface area (TPSA) is 198 Å². The summed E-state index contributed by atoms with van der Waals surface area (Å²) in [5.41, 5.74) is 4.27. The molecule has 2 saturated heterocycles. The van der Waals surface area contributed by atoms with E-state index in [-0.39, 0.29) is 29.2 Å². The number of fused-ring (bicyclic) bond motifs is 1. The summed E-state index contributed by atoms with van der Waals surface area (Å²) in [6.45, 7) is 2.47. The quantitative estimate of drug-likeness (QED) is 0.302. The number of carbonyl (C=O) groups excluding carboxylic acids is 2. The molecule has 0 bridgehead atoms. The number of amides is 2. The van der Waals surface area contributed by atoms with Crippen LogP contribution in [0.15, 0.2) is 6.33 Å². The number of hydrogen-bond acceptors (Lipinski definition) is 10. The van der Waals surface area contributed by atoms with Gasteiger partial charge in [-0.3, -0.25) is 14.2 Å². The second-order valence-electron chi connectivity index (χ2n) is 7.65. The zero-order chi connectivity index (χ0) is 22.3. The number of aromatic nitrogens is 4. The van der Waals surface area contributed by atoms with Crippen molar-refractivity contribution in [3.63, 3.8) is 0 Å². The van der Waals surface area contributed by atoms with Gasteiger partial charge in [0.2, 0.25) is 5.60 Å². The van der Waals surface area contributed by atoms with Gasteiger partial charge in [-0.15, -0.1) is 0 Å². The number of likely N-dealkylation sites (N-methyl/N-ethyl adjacent to an activating group) is 1. The largest absolute Gasteiger partial charge is 0.387 e. The monoisotopic (exact) mass is 435 g/mol. The smallest absolute Gasteiger partial charge is 0.259 e. The first-order valence-electron chi connectivity index (χ1n) is 10.1. The van der Waals surface area contributed by atoms with E-state index in [0.717, 1.165) is 0 Å². The molecule has 13 heteroatoms. The Morgan fingerprint density at radius 1 is 1.39 bits per heavy atom. The molecular formula is C18H25N7O6. The first-order valence-corrected chi connectivity index (χ1v) is 10.1. The highest BCUT2D eigenvalue weighted by atomic mass is 16.6. The van der Waals surface area contributed by atoms with Crippen molar-refractivity contribution in [1.82, 2.24) is 30.2 Å². The Balaban J connectivity index is 1.75. The van der Waals surface area contributed by atoms with Crippen molar-refractivity contribution >= 4 is 28.8 Å². The lowest BCUT2D eigenvalue weighted by atomic mass is 9.96. The molecule has 0 aromatic carbocycles. The summed E-state index contributed by atoms with van der Waals surface area (Å²) >= 11 is 0. The van der Waals surface area contributed by atoms with E-state index in [1.807, 2.05) is 0 Å². The van der Waals surface area contributed by atoms with Crippen LogP contribution in [0.2, 0.25) is 0 Å². The van der Waals surface area contributed by atoms with Crippen LogP contribution in [0.3, 0.4) is 0 Å². The molecular weight excluding hydrogens is 410 g/mol. The Bertz CT molecular complexity index is 1010. The van der Waals surface area contributed by atoms with Gasteiger partial charge in [-0.2, -0.15) is 0 Å². The molecule has 2 aromatic rings. The van der Waals surface area contributed by atoms with Gasteiger partial charge in [0.15, 0.2) is 29.6 Å². The molecule has 4 rings (SSSR count). The van der Waals surface area contributed by atoms with Gasteiger partial charge >= 0.3 is 0 Å². The van der Waals surface area contributed by atoms with Gasteiger partial charge in [0.1, 0.15) is 17.7 Å². The maximum Gasteiger partial charge on any atom is 0.259 e. The van der Waals surface area contributed by atoms with Gasteiger partial charge in [-0.25, -0.2) is 15.0 Å². The summed E-state index contributed by atoms with van der Waals surface area (Å²) in [6, 6.07) is 0. The predicted octanol–water partition coefficient (Wildman–Crippen LogP) is -2.35. The van der Waals surface area contributed by atoms with Gasteiger partial charge in [0, 0.05) is 13.1 Å². The number of carbonyl (C=O) groups is 2. The van der Waals surface area contributed by atoms with Crippen molar-refractivity contribution < 1.29 is 29.6 Å². The Morgan fingerprint density at radius 2 is 2.16 bits per heavy atom. The van der Waals surface area contributed by atoms with Crippen LogP contribution in [0.4, 0.5) is 5.82 Å². The van der Waals surface area contributed by atoms with Crippen molar-refractivity contribution in [3.8, 4) is 0 Å². The summed E-state index contributed by atoms with van der Waals surface area (Å²) in [5.74, 6) is -1.47. The molecule has 2 aliphatic rings. The minimum atomic E-state index is -1.98. The Morgan fingerprint density at radius 3 is 2.90 bits per heavy atom. The van der Waals surface area contributed by atoms with Crippen LogP contribution in [-0.2, 0) is 19.9 Å². The lowest BCUT2D eigenvalue weighted by molar-refractivity contribution is -0.141. The number of aliphatic hydroxyl groups excluding tert-OH is 2. The molecule has 7 N–H and O–H groups in total. The third-order valence-electron chi connectivity index (χ3n) is 5.57. The van der Waals surface area contributed by atoms with Crippen LogP contribution in [0.1, 0.15) is 38.2 Å². The van der Waals surface area contributed by atoms with Crippen molar-refractivity contribution in [1.29, 1.82) is 0 Å². The SMILES string of the molecule is CCNC(=O)[C@H]1O[C@@H](n2cnc3c(N)nc(C4(O)CCCCNC4=O)nc32)C(O)C1O. The molecule has 168 valence electrons. The fourth-order valence-electron chi connectivity index (χ4n) is 3.87. The summed E-state index contributed by atoms with van der Waals surface area (Å²) in [4.78, 5) is 37.2. The number of anilines is 1. The standard InChI is InChI=1S/C18H25N7O6/c1-2-20-14(28)11-9(26)10(27)15(31-11)25-7-22-8-12(19)23-16(24-13(8)25)18(30)5-3-4-6-21-17(18)29/h7,9-11,15,26-27,30H,2-6H2,1H3,(H,20,28)(H,21,29)(H2,19,23,24)/t9?,10?,11-,15+,18?/m0/s1. The van der Waals surface area contributed by atoms with Crippen LogP contribution >= 0.6 is 0 Å². The molecule has 4 heterocycles. The number of ether oxygens (including phenoxy) is 1. The zero-order valence-electron chi connectivity index (χ0n) is 16.9. The van der Waals surface area contributed by atoms with Gasteiger partial charge in [-0.05, 0) is 26.2 Å². The fraction of sp³-hybridized carbons (Fsp3) is 0.611. The second-order valence-corrected chi connectivity index (χ2v) is 7.65. The normalized spacial score (nSPS) is 31.4. The van der Waals surface area contributed by atoms with E-state index in [9.17, 15) is 24.9 Å².